The molecule has 0 aliphatic heterocycles. The molecule has 3 rings (SSSR count). The highest BCUT2D eigenvalue weighted by atomic mass is 32.2. The number of hydrogen-bond acceptors (Lipinski definition) is 4. The molecule has 4 nitrogen and oxygen atoms in total. The summed E-state index contributed by atoms with van der Waals surface area (Å²) in [6.45, 7) is 4.00. The number of nitrogens with zero attached hydrogens (tertiary/aromatic N) is 4. The molecular formula is C18H16F8N4S. The number of thioether (sulfide) groups is 1. The van der Waals surface area contributed by atoms with Gasteiger partial charge in [0.05, 0.1) is 11.1 Å². The van der Waals surface area contributed by atoms with E-state index < -0.39 is 29.4 Å². The zero-order chi connectivity index (χ0) is 23.8. The first-order valence-corrected chi connectivity index (χ1v) is 9.89. The summed E-state index contributed by atoms with van der Waals surface area (Å²) in [4.78, 5) is 11.5. The van der Waals surface area contributed by atoms with Crippen molar-refractivity contribution in [3.63, 3.8) is 0 Å². The predicted molar refractivity (Wildman–Crippen MR) is 99.8 cm³/mol. The molecule has 0 atom stereocenters. The van der Waals surface area contributed by atoms with Crippen LogP contribution in [0.3, 0.4) is 0 Å². The van der Waals surface area contributed by atoms with Gasteiger partial charge in [-0.25, -0.2) is 9.97 Å². The first-order valence-electron chi connectivity index (χ1n) is 8.66. The Bertz CT molecular complexity index is 1070. The molecule has 0 N–H and O–H groups in total. The van der Waals surface area contributed by atoms with Gasteiger partial charge < -0.3 is 4.57 Å². The zero-order valence-corrected chi connectivity index (χ0v) is 17.3. The van der Waals surface area contributed by atoms with Crippen molar-refractivity contribution >= 4 is 22.9 Å². The van der Waals surface area contributed by atoms with Crippen molar-refractivity contribution in [1.29, 1.82) is 0 Å². The number of pyridine rings is 2. The fourth-order valence-electron chi connectivity index (χ4n) is 2.55. The lowest BCUT2D eigenvalue weighted by Gasteiger charge is -2.19. The van der Waals surface area contributed by atoms with Crippen molar-refractivity contribution in [3.05, 3.63) is 35.7 Å². The summed E-state index contributed by atoms with van der Waals surface area (Å²) in [6.07, 6.45) is -7.96. The summed E-state index contributed by atoms with van der Waals surface area (Å²) >= 11 is 0.945. The summed E-state index contributed by atoms with van der Waals surface area (Å²) in [5.41, 5.74) is -2.69. The normalized spacial score (nSPS) is 12.6. The minimum absolute atomic E-state index is 0.00938. The van der Waals surface area contributed by atoms with E-state index in [1.165, 1.54) is 17.9 Å². The minimum Gasteiger partial charge on any atom is -0.310 e. The molecule has 0 radical (unpaired) electrons. The highest BCUT2D eigenvalue weighted by Gasteiger charge is 2.59. The Morgan fingerprint density at radius 3 is 1.97 bits per heavy atom. The Hall–Kier alpha value is -2.44. The van der Waals surface area contributed by atoms with Crippen LogP contribution in [0.15, 0.2) is 29.4 Å². The van der Waals surface area contributed by atoms with Crippen molar-refractivity contribution in [2.24, 2.45) is 7.05 Å². The van der Waals surface area contributed by atoms with Gasteiger partial charge in [-0.05, 0) is 18.4 Å². The number of aromatic nitrogens is 4. The van der Waals surface area contributed by atoms with Gasteiger partial charge >= 0.3 is 18.3 Å². The van der Waals surface area contributed by atoms with Gasteiger partial charge in [0.1, 0.15) is 11.2 Å². The van der Waals surface area contributed by atoms with Crippen molar-refractivity contribution in [2.75, 3.05) is 6.26 Å². The Balaban J connectivity index is 0.00000166. The Morgan fingerprint density at radius 2 is 1.45 bits per heavy atom. The molecule has 3 aromatic rings. The second kappa shape index (κ2) is 8.60. The van der Waals surface area contributed by atoms with E-state index in [0.717, 1.165) is 17.8 Å². The fourth-order valence-corrected chi connectivity index (χ4v) is 3.13. The van der Waals surface area contributed by atoms with Crippen molar-refractivity contribution < 1.29 is 35.1 Å². The number of imidazole rings is 1. The van der Waals surface area contributed by atoms with Crippen LogP contribution in [0.1, 0.15) is 25.0 Å². The molecule has 0 bridgehead atoms. The Morgan fingerprint density at radius 1 is 0.871 bits per heavy atom. The van der Waals surface area contributed by atoms with Crippen molar-refractivity contribution in [2.45, 2.75) is 37.0 Å². The summed E-state index contributed by atoms with van der Waals surface area (Å²) in [6, 6.07) is 1.39. The summed E-state index contributed by atoms with van der Waals surface area (Å²) in [5.74, 6) is -5.17. The van der Waals surface area contributed by atoms with Crippen LogP contribution in [0.25, 0.3) is 22.7 Å². The molecule has 31 heavy (non-hydrogen) atoms. The van der Waals surface area contributed by atoms with Gasteiger partial charge in [-0.2, -0.15) is 35.1 Å². The zero-order valence-electron chi connectivity index (χ0n) is 16.5. The average molecular weight is 472 g/mol. The van der Waals surface area contributed by atoms with Crippen LogP contribution < -0.4 is 0 Å². The second-order valence-electron chi connectivity index (χ2n) is 5.91. The van der Waals surface area contributed by atoms with Gasteiger partial charge in [0, 0.05) is 24.3 Å². The predicted octanol–water partition coefficient (Wildman–Crippen LogP) is 6.45. The number of hydrogen-bond donors (Lipinski definition) is 0. The molecule has 3 heterocycles. The largest absolute Gasteiger partial charge is 0.458 e. The minimum atomic E-state index is -5.82. The van der Waals surface area contributed by atoms with Gasteiger partial charge in [-0.1, -0.05) is 13.8 Å². The topological polar surface area (TPSA) is 43.6 Å². The smallest absolute Gasteiger partial charge is 0.310 e. The molecule has 0 saturated carbocycles. The maximum absolute atomic E-state index is 13.6. The van der Waals surface area contributed by atoms with E-state index in [-0.39, 0.29) is 27.6 Å². The molecule has 0 saturated heterocycles. The van der Waals surface area contributed by atoms with Crippen LogP contribution in [-0.2, 0) is 19.1 Å². The van der Waals surface area contributed by atoms with E-state index >= 15 is 0 Å². The number of halogens is 8. The molecular weight excluding hydrogens is 456 g/mol. The maximum atomic E-state index is 13.6. The van der Waals surface area contributed by atoms with E-state index in [2.05, 4.69) is 15.0 Å². The molecule has 0 spiro atoms. The standard InChI is InChI=1S/C16H10F8N4S.C2H6/c1-28-12-9(3-7(5-26-12)14(17,18)16(22,23)24)27-13(28)11-10(29-2)4-8(6-25-11)15(19,20)21;1-2/h3-6H,1-2H3;1-2H3. The lowest BCUT2D eigenvalue weighted by atomic mass is 10.1. The molecule has 0 aliphatic rings. The second-order valence-corrected chi connectivity index (χ2v) is 6.75. The number of alkyl halides is 8. The van der Waals surface area contributed by atoms with E-state index in [4.69, 9.17) is 0 Å². The summed E-state index contributed by atoms with van der Waals surface area (Å²) < 4.78 is 105. The molecule has 3 aromatic heterocycles. The first-order chi connectivity index (χ1) is 14.3. The highest BCUT2D eigenvalue weighted by molar-refractivity contribution is 7.98. The van der Waals surface area contributed by atoms with Crippen LogP contribution in [-0.4, -0.2) is 32.0 Å². The van der Waals surface area contributed by atoms with Crippen LogP contribution in [0.5, 0.6) is 0 Å². The molecule has 170 valence electrons. The fraction of sp³-hybridized carbons (Fsp3) is 0.389. The molecule has 0 fully saturated rings. The monoisotopic (exact) mass is 472 g/mol. The van der Waals surface area contributed by atoms with E-state index in [9.17, 15) is 35.1 Å². The van der Waals surface area contributed by atoms with Gasteiger partial charge in [-0.15, -0.1) is 11.8 Å². The third-order valence-corrected chi connectivity index (χ3v) is 4.79. The van der Waals surface area contributed by atoms with E-state index in [0.29, 0.717) is 18.5 Å². The Kier molecular flexibility index (Phi) is 6.88. The number of fused-ring (bicyclic) bond motifs is 1. The molecule has 0 unspecified atom stereocenters. The van der Waals surface area contributed by atoms with Crippen LogP contribution in [0.2, 0.25) is 0 Å². The van der Waals surface area contributed by atoms with E-state index in [1.807, 2.05) is 13.8 Å². The average Bonchev–Trinajstić information content (AvgIpc) is 3.03. The number of rotatable bonds is 3. The third kappa shape index (κ3) is 4.60. The third-order valence-electron chi connectivity index (χ3n) is 4.04. The Labute approximate surface area is 175 Å². The molecule has 13 heteroatoms. The SMILES string of the molecule is CC.CSc1cc(C(F)(F)F)cnc1-c1nc2cc(C(F)(F)C(F)(F)F)cnc2n1C. The molecule has 0 amide bonds. The lowest BCUT2D eigenvalue weighted by molar-refractivity contribution is -0.289. The van der Waals surface area contributed by atoms with Gasteiger partial charge in [0.15, 0.2) is 11.5 Å². The van der Waals surface area contributed by atoms with E-state index in [1.54, 1.807) is 0 Å². The number of aryl methyl sites for hydroxylation is 1. The van der Waals surface area contributed by atoms with Crippen LogP contribution in [0.4, 0.5) is 35.1 Å². The van der Waals surface area contributed by atoms with Gasteiger partial charge in [0.2, 0.25) is 0 Å². The molecule has 0 aromatic carbocycles. The molecule has 0 aliphatic carbocycles. The van der Waals surface area contributed by atoms with Gasteiger partial charge in [0.25, 0.3) is 0 Å². The summed E-state index contributed by atoms with van der Waals surface area (Å²) in [5, 5.41) is 0. The maximum Gasteiger partial charge on any atom is 0.458 e. The van der Waals surface area contributed by atoms with Crippen molar-refractivity contribution in [3.8, 4) is 11.5 Å². The van der Waals surface area contributed by atoms with Crippen LogP contribution in [0, 0.1) is 0 Å². The summed E-state index contributed by atoms with van der Waals surface area (Å²) in [7, 11) is 1.39. The van der Waals surface area contributed by atoms with Crippen LogP contribution >= 0.6 is 11.8 Å². The highest BCUT2D eigenvalue weighted by Crippen LogP contribution is 2.44. The quantitative estimate of drug-likeness (QED) is 0.325. The van der Waals surface area contributed by atoms with Crippen molar-refractivity contribution in [1.82, 2.24) is 19.5 Å². The lowest BCUT2D eigenvalue weighted by Crippen LogP contribution is -2.33. The van der Waals surface area contributed by atoms with Gasteiger partial charge in [-0.3, -0.25) is 4.98 Å². The first kappa shape index (κ1) is 24.8.